The van der Waals surface area contributed by atoms with Gasteiger partial charge in [-0.3, -0.25) is 0 Å². The Kier molecular flexibility index (Phi) is 9.75. The van der Waals surface area contributed by atoms with Crippen LogP contribution in [0, 0.1) is 0 Å². The maximum atomic E-state index is 5.18. The smallest absolute Gasteiger partial charge is 0.108 e. The van der Waals surface area contributed by atoms with Gasteiger partial charge in [-0.15, -0.1) is 22.7 Å². The highest BCUT2D eigenvalue weighted by atomic mass is 79.9. The lowest BCUT2D eigenvalue weighted by Gasteiger charge is -2.10. The molecular formula is C28H32Br2N2S2. The highest BCUT2D eigenvalue weighted by Gasteiger charge is 2.19. The predicted molar refractivity (Wildman–Crippen MR) is 157 cm³/mol. The van der Waals surface area contributed by atoms with Crippen molar-refractivity contribution >= 4 is 65.6 Å². The van der Waals surface area contributed by atoms with Crippen LogP contribution in [0.15, 0.2) is 45.3 Å². The van der Waals surface area contributed by atoms with Crippen molar-refractivity contribution in [1.29, 1.82) is 0 Å². The van der Waals surface area contributed by atoms with Gasteiger partial charge >= 0.3 is 0 Å². The molecule has 3 heterocycles. The van der Waals surface area contributed by atoms with Crippen LogP contribution in [0.2, 0.25) is 0 Å². The summed E-state index contributed by atoms with van der Waals surface area (Å²) < 4.78 is 1.95. The van der Waals surface area contributed by atoms with Gasteiger partial charge in [0.05, 0.1) is 9.75 Å². The number of hydrogen-bond donors (Lipinski definition) is 0. The third-order valence-corrected chi connectivity index (χ3v) is 9.65. The molecular weight excluding hydrogens is 588 g/mol. The second-order valence-electron chi connectivity index (χ2n) is 8.80. The van der Waals surface area contributed by atoms with Crippen molar-refractivity contribution in [2.24, 2.45) is 0 Å². The van der Waals surface area contributed by atoms with Crippen molar-refractivity contribution < 1.29 is 0 Å². The zero-order valence-electron chi connectivity index (χ0n) is 20.0. The molecule has 0 fully saturated rings. The number of fused-ring (bicyclic) bond motifs is 1. The molecule has 0 unspecified atom stereocenters. The Balaban J connectivity index is 1.70. The Labute approximate surface area is 228 Å². The van der Waals surface area contributed by atoms with E-state index in [-0.39, 0.29) is 0 Å². The maximum Gasteiger partial charge on any atom is 0.108 e. The van der Waals surface area contributed by atoms with E-state index in [2.05, 4.69) is 70.0 Å². The molecule has 4 rings (SSSR count). The van der Waals surface area contributed by atoms with E-state index in [4.69, 9.17) is 9.97 Å². The molecule has 0 atom stereocenters. The summed E-state index contributed by atoms with van der Waals surface area (Å²) in [6, 6.07) is 13.1. The van der Waals surface area contributed by atoms with E-state index in [1.54, 1.807) is 0 Å². The number of benzene rings is 1. The van der Waals surface area contributed by atoms with Crippen LogP contribution in [0.4, 0.5) is 0 Å². The van der Waals surface area contributed by atoms with Gasteiger partial charge in [0.25, 0.3) is 0 Å². The highest BCUT2D eigenvalue weighted by molar-refractivity contribution is 9.11. The molecule has 0 radical (unpaired) electrons. The van der Waals surface area contributed by atoms with Crippen LogP contribution in [-0.4, -0.2) is 9.97 Å². The van der Waals surface area contributed by atoms with Crippen molar-refractivity contribution in [2.45, 2.75) is 78.1 Å². The molecule has 0 aliphatic carbocycles. The second-order valence-corrected chi connectivity index (χ2v) is 12.8. The topological polar surface area (TPSA) is 25.8 Å². The van der Waals surface area contributed by atoms with E-state index in [1.165, 1.54) is 70.9 Å². The van der Waals surface area contributed by atoms with Crippen LogP contribution >= 0.6 is 54.5 Å². The van der Waals surface area contributed by atoms with Crippen LogP contribution in [0.5, 0.6) is 0 Å². The van der Waals surface area contributed by atoms with Crippen LogP contribution in [0.3, 0.4) is 0 Å². The number of aromatic nitrogens is 2. The summed E-state index contributed by atoms with van der Waals surface area (Å²) in [6.07, 6.45) is 12.6. The van der Waals surface area contributed by atoms with E-state index in [0.717, 1.165) is 44.2 Å². The molecule has 0 spiro atoms. The van der Waals surface area contributed by atoms with Crippen LogP contribution in [0.25, 0.3) is 32.2 Å². The third-order valence-electron chi connectivity index (χ3n) is 6.07. The summed E-state index contributed by atoms with van der Waals surface area (Å²) in [6.45, 7) is 4.53. The number of thiophene rings is 2. The predicted octanol–water partition coefficient (Wildman–Crippen LogP) is 10.9. The lowest BCUT2D eigenvalue weighted by molar-refractivity contribution is 0.670. The first kappa shape index (κ1) is 26.0. The number of aryl methyl sites for hydroxylation is 2. The summed E-state index contributed by atoms with van der Waals surface area (Å²) in [7, 11) is 0. The molecule has 0 saturated carbocycles. The van der Waals surface area contributed by atoms with Crippen LogP contribution < -0.4 is 0 Å². The summed E-state index contributed by atoms with van der Waals surface area (Å²) >= 11 is 11.1. The molecule has 0 N–H and O–H groups in total. The van der Waals surface area contributed by atoms with Crippen molar-refractivity contribution in [2.75, 3.05) is 0 Å². The van der Waals surface area contributed by atoms with Crippen molar-refractivity contribution in [3.05, 3.63) is 55.1 Å². The summed E-state index contributed by atoms with van der Waals surface area (Å²) in [5, 5.41) is 0. The monoisotopic (exact) mass is 618 g/mol. The number of nitrogens with zero attached hydrogens (tertiary/aromatic N) is 2. The first-order valence-electron chi connectivity index (χ1n) is 12.4. The normalized spacial score (nSPS) is 11.5. The maximum absolute atomic E-state index is 5.18. The zero-order valence-corrected chi connectivity index (χ0v) is 24.8. The molecule has 1 aromatic carbocycles. The minimum absolute atomic E-state index is 0.905. The summed E-state index contributed by atoms with van der Waals surface area (Å²) in [5.41, 5.74) is 3.80. The summed E-state index contributed by atoms with van der Waals surface area (Å²) in [5.74, 6) is 0. The average molecular weight is 621 g/mol. The SMILES string of the molecule is CCCCCCc1ccc(-c2nc3c(Br)ccc(Br)c3nc2-c2ccc(CCCCCC)s2)s1. The third kappa shape index (κ3) is 6.37. The summed E-state index contributed by atoms with van der Waals surface area (Å²) in [4.78, 5) is 15.7. The van der Waals surface area contributed by atoms with Crippen LogP contribution in [0.1, 0.15) is 75.0 Å². The fourth-order valence-electron chi connectivity index (χ4n) is 4.15. The van der Waals surface area contributed by atoms with Crippen LogP contribution in [-0.2, 0) is 12.8 Å². The Hall–Kier alpha value is -1.08. The lowest BCUT2D eigenvalue weighted by Crippen LogP contribution is -1.94. The number of unbranched alkanes of at least 4 members (excludes halogenated alkanes) is 6. The largest absolute Gasteiger partial charge is 0.242 e. The Bertz CT molecular complexity index is 1130. The van der Waals surface area contributed by atoms with Gasteiger partial charge in [-0.25, -0.2) is 9.97 Å². The number of rotatable bonds is 12. The fourth-order valence-corrected chi connectivity index (χ4v) is 7.04. The Morgan fingerprint density at radius 3 is 1.44 bits per heavy atom. The van der Waals surface area contributed by atoms with E-state index in [1.807, 2.05) is 34.8 Å². The molecule has 4 aromatic rings. The van der Waals surface area contributed by atoms with E-state index in [0.29, 0.717) is 0 Å². The number of hydrogen-bond acceptors (Lipinski definition) is 4. The molecule has 3 aromatic heterocycles. The van der Waals surface area contributed by atoms with Gasteiger partial charge in [-0.1, -0.05) is 52.4 Å². The van der Waals surface area contributed by atoms with E-state index >= 15 is 0 Å². The van der Waals surface area contributed by atoms with Gasteiger partial charge in [-0.2, -0.15) is 0 Å². The van der Waals surface area contributed by atoms with Gasteiger partial charge in [-0.05, 0) is 93.9 Å². The molecule has 0 amide bonds. The minimum Gasteiger partial charge on any atom is -0.242 e. The fraction of sp³-hybridized carbons (Fsp3) is 0.429. The molecule has 0 aliphatic heterocycles. The lowest BCUT2D eigenvalue weighted by atomic mass is 10.1. The van der Waals surface area contributed by atoms with E-state index in [9.17, 15) is 0 Å². The molecule has 0 bridgehead atoms. The van der Waals surface area contributed by atoms with Crippen molar-refractivity contribution in [3.63, 3.8) is 0 Å². The molecule has 0 saturated heterocycles. The Morgan fingerprint density at radius 1 is 0.588 bits per heavy atom. The quantitative estimate of drug-likeness (QED) is 0.147. The average Bonchev–Trinajstić information content (AvgIpc) is 3.51. The first-order chi connectivity index (χ1) is 16.6. The van der Waals surface area contributed by atoms with Gasteiger partial charge in [0.2, 0.25) is 0 Å². The molecule has 0 aliphatic rings. The van der Waals surface area contributed by atoms with E-state index < -0.39 is 0 Å². The molecule has 6 heteroatoms. The molecule has 34 heavy (non-hydrogen) atoms. The molecule has 2 nitrogen and oxygen atoms in total. The van der Waals surface area contributed by atoms with Crippen molar-refractivity contribution in [1.82, 2.24) is 9.97 Å². The highest BCUT2D eigenvalue weighted by Crippen LogP contribution is 2.40. The minimum atomic E-state index is 0.905. The molecule has 180 valence electrons. The van der Waals surface area contributed by atoms with Gasteiger partial charge in [0.15, 0.2) is 0 Å². The Morgan fingerprint density at radius 2 is 1.03 bits per heavy atom. The standard InChI is InChI=1S/C28H32Br2N2S2/c1-3-5-7-9-11-19-13-17-23(33-19)27-28(24-18-14-20(34-24)12-10-8-6-4-2)32-26-22(30)16-15-21(29)25(26)31-27/h13-18H,3-12H2,1-2H3. The van der Waals surface area contributed by atoms with Gasteiger partial charge in [0, 0.05) is 18.7 Å². The first-order valence-corrected chi connectivity index (χ1v) is 15.7. The van der Waals surface area contributed by atoms with Crippen molar-refractivity contribution in [3.8, 4) is 21.1 Å². The number of halogens is 2. The van der Waals surface area contributed by atoms with Gasteiger partial charge < -0.3 is 0 Å². The van der Waals surface area contributed by atoms with Gasteiger partial charge in [0.1, 0.15) is 22.4 Å². The zero-order chi connectivity index (χ0) is 23.9. The second kappa shape index (κ2) is 12.8.